The van der Waals surface area contributed by atoms with E-state index in [1.807, 2.05) is 36.4 Å². The van der Waals surface area contributed by atoms with Gasteiger partial charge in [-0.2, -0.15) is 89.5 Å². The predicted octanol–water partition coefficient (Wildman–Crippen LogP) is 7.03. The summed E-state index contributed by atoms with van der Waals surface area (Å²) in [6, 6.07) is 40.7. The van der Waals surface area contributed by atoms with Crippen LogP contribution in [0.2, 0.25) is 0 Å². The van der Waals surface area contributed by atoms with Crippen molar-refractivity contribution >= 4 is 0 Å². The number of benzene rings is 3. The Hall–Kier alpha value is -2.11. The van der Waals surface area contributed by atoms with E-state index in [1.165, 1.54) is 22.3 Å². The molecule has 0 aliphatic heterocycles. The zero-order valence-electron chi connectivity index (χ0n) is 17.0. The first-order valence-corrected chi connectivity index (χ1v) is 8.84. The number of hydrogen-bond donors (Lipinski definition) is 0. The Bertz CT molecular complexity index is 767. The van der Waals surface area contributed by atoms with E-state index in [2.05, 4.69) is 92.7 Å². The minimum Gasteiger partial charge on any atom is -0.358 e. The van der Waals surface area contributed by atoms with Crippen LogP contribution in [0.3, 0.4) is 0 Å². The summed E-state index contributed by atoms with van der Waals surface area (Å²) in [6.45, 7) is 4.10. The van der Waals surface area contributed by atoms with E-state index < -0.39 is 0 Å². The average molecular weight is 444 g/mol. The first-order chi connectivity index (χ1) is 12.7. The van der Waals surface area contributed by atoms with Crippen molar-refractivity contribution in [3.05, 3.63) is 145 Å². The summed E-state index contributed by atoms with van der Waals surface area (Å²) in [5.74, 6) is 0. The first kappa shape index (κ1) is 25.9. The van der Waals surface area contributed by atoms with Gasteiger partial charge in [0, 0.05) is 0 Å². The molecule has 0 aliphatic carbocycles. The summed E-state index contributed by atoms with van der Waals surface area (Å²) < 4.78 is 0. The molecule has 4 rings (SSSR count). The van der Waals surface area contributed by atoms with Crippen molar-refractivity contribution in [1.82, 2.24) is 0 Å². The molecule has 4 aromatic rings. The van der Waals surface area contributed by atoms with Crippen molar-refractivity contribution in [2.24, 2.45) is 0 Å². The maximum atomic E-state index is 2.96. The molecule has 0 aliphatic rings. The summed E-state index contributed by atoms with van der Waals surface area (Å²) >= 11 is 0. The molecule has 0 aromatic heterocycles. The molecule has 0 saturated heterocycles. The van der Waals surface area contributed by atoms with Gasteiger partial charge in [-0.15, -0.1) is 0 Å². The largest absolute Gasteiger partial charge is 4.00 e. The van der Waals surface area contributed by atoms with E-state index >= 15 is 0 Å². The molecule has 0 unspecified atom stereocenters. The summed E-state index contributed by atoms with van der Waals surface area (Å²) in [5, 5.41) is 0. The molecule has 0 atom stereocenters. The van der Waals surface area contributed by atoms with E-state index in [1.54, 1.807) is 0 Å². The van der Waals surface area contributed by atoms with Crippen LogP contribution in [-0.4, -0.2) is 0 Å². The zero-order valence-corrected chi connectivity index (χ0v) is 19.5. The third-order valence-corrected chi connectivity index (χ3v) is 3.71. The quantitative estimate of drug-likeness (QED) is 0.292. The van der Waals surface area contributed by atoms with Crippen LogP contribution in [0, 0.1) is 33.4 Å². The van der Waals surface area contributed by atoms with Crippen molar-refractivity contribution in [3.8, 4) is 0 Å². The maximum Gasteiger partial charge on any atom is 4.00 e. The van der Waals surface area contributed by atoms with Gasteiger partial charge in [-0.05, 0) is 6.42 Å². The number of aryl methyl sites for hydroxylation is 2. The Labute approximate surface area is 190 Å². The van der Waals surface area contributed by atoms with E-state index in [-0.39, 0.29) is 33.6 Å². The standard InChI is InChI=1S/C12H11.2C7H7.CH3.Zr/c1-2-6-11(7-3-1)10-12-8-4-5-9-12;2*1-7-5-3-2-4-6-7;;/h1-9H,10H2;2*2-3,5-6H,1H3;1H3;/q4*-1;+4. The average Bonchev–Trinajstić information content (AvgIpc) is 3.18. The van der Waals surface area contributed by atoms with Gasteiger partial charge in [0.15, 0.2) is 0 Å². The second-order valence-corrected chi connectivity index (χ2v) is 6.12. The molecule has 0 amide bonds. The van der Waals surface area contributed by atoms with Crippen molar-refractivity contribution in [1.29, 1.82) is 0 Å². The summed E-state index contributed by atoms with van der Waals surface area (Å²) in [5.41, 5.74) is 5.30. The van der Waals surface area contributed by atoms with Crippen molar-refractivity contribution in [3.63, 3.8) is 0 Å². The Kier molecular flexibility index (Phi) is 14.7. The molecule has 1 heteroatoms. The van der Waals surface area contributed by atoms with Crippen LogP contribution in [0.25, 0.3) is 0 Å². The minimum atomic E-state index is 0. The van der Waals surface area contributed by atoms with Gasteiger partial charge in [0.25, 0.3) is 0 Å². The molecular formula is C27H28Zr. The van der Waals surface area contributed by atoms with Crippen LogP contribution >= 0.6 is 0 Å². The smallest absolute Gasteiger partial charge is 0.358 e. The van der Waals surface area contributed by atoms with Gasteiger partial charge < -0.3 is 7.43 Å². The molecule has 0 fully saturated rings. The van der Waals surface area contributed by atoms with Gasteiger partial charge in [0.2, 0.25) is 0 Å². The summed E-state index contributed by atoms with van der Waals surface area (Å²) in [7, 11) is 0. The zero-order chi connectivity index (χ0) is 18.5. The van der Waals surface area contributed by atoms with Crippen LogP contribution in [0.1, 0.15) is 22.3 Å². The second-order valence-electron chi connectivity index (χ2n) is 6.12. The van der Waals surface area contributed by atoms with E-state index in [0.29, 0.717) is 0 Å². The fraction of sp³-hybridized carbons (Fsp3) is 0.111. The van der Waals surface area contributed by atoms with E-state index in [4.69, 9.17) is 0 Å². The third-order valence-electron chi connectivity index (χ3n) is 3.71. The Morgan fingerprint density at radius 2 is 1.18 bits per heavy atom. The molecular weight excluding hydrogens is 416 g/mol. The van der Waals surface area contributed by atoms with E-state index in [9.17, 15) is 0 Å². The molecule has 140 valence electrons. The van der Waals surface area contributed by atoms with Crippen LogP contribution in [0.4, 0.5) is 0 Å². The van der Waals surface area contributed by atoms with Crippen molar-refractivity contribution < 1.29 is 26.2 Å². The van der Waals surface area contributed by atoms with Gasteiger partial charge in [-0.1, -0.05) is 49.7 Å². The van der Waals surface area contributed by atoms with Gasteiger partial charge in [-0.25, -0.2) is 12.1 Å². The first-order valence-electron chi connectivity index (χ1n) is 8.84. The topological polar surface area (TPSA) is 0 Å². The second kappa shape index (κ2) is 15.9. The molecule has 0 spiro atoms. The number of hydrogen-bond acceptors (Lipinski definition) is 0. The minimum absolute atomic E-state index is 0. The Morgan fingerprint density at radius 1 is 0.679 bits per heavy atom. The van der Waals surface area contributed by atoms with Crippen LogP contribution < -0.4 is 0 Å². The molecule has 0 N–H and O–H groups in total. The van der Waals surface area contributed by atoms with Crippen LogP contribution in [0.15, 0.2) is 103 Å². The number of rotatable bonds is 2. The third kappa shape index (κ3) is 11.6. The molecule has 0 radical (unpaired) electrons. The van der Waals surface area contributed by atoms with Gasteiger partial charge in [0.05, 0.1) is 0 Å². The monoisotopic (exact) mass is 442 g/mol. The molecule has 4 aromatic carbocycles. The summed E-state index contributed by atoms with van der Waals surface area (Å²) in [4.78, 5) is 0. The fourth-order valence-electron chi connectivity index (χ4n) is 2.33. The SMILES string of the molecule is Cc1c[c-]ccc1.Cc1c[c-]ccc1.[CH3-].[Zr+4].c1ccc(C[c-]2cccc2)cc1. The Balaban J connectivity index is 0.000000399. The van der Waals surface area contributed by atoms with E-state index in [0.717, 1.165) is 6.42 Å². The normalized spacial score (nSPS) is 8.64. The van der Waals surface area contributed by atoms with Crippen LogP contribution in [-0.2, 0) is 32.6 Å². The molecule has 0 saturated carbocycles. The maximum absolute atomic E-state index is 2.96. The molecule has 0 heterocycles. The van der Waals surface area contributed by atoms with Gasteiger partial charge in [-0.3, -0.25) is 0 Å². The van der Waals surface area contributed by atoms with Crippen molar-refractivity contribution in [2.75, 3.05) is 0 Å². The van der Waals surface area contributed by atoms with Crippen molar-refractivity contribution in [2.45, 2.75) is 20.3 Å². The predicted molar refractivity (Wildman–Crippen MR) is 118 cm³/mol. The Morgan fingerprint density at radius 3 is 1.54 bits per heavy atom. The molecule has 0 bridgehead atoms. The fourth-order valence-corrected chi connectivity index (χ4v) is 2.33. The summed E-state index contributed by atoms with van der Waals surface area (Å²) in [6.07, 6.45) is 1.05. The van der Waals surface area contributed by atoms with Gasteiger partial charge in [0.1, 0.15) is 0 Å². The van der Waals surface area contributed by atoms with Crippen LogP contribution in [0.5, 0.6) is 0 Å². The molecule has 28 heavy (non-hydrogen) atoms. The van der Waals surface area contributed by atoms with Gasteiger partial charge >= 0.3 is 26.2 Å². The molecule has 0 nitrogen and oxygen atoms in total.